The van der Waals surface area contributed by atoms with E-state index in [9.17, 15) is 24.3 Å². The number of aromatic carboxylic acids is 1. The number of carboxylic acid groups (broad SMARTS) is 1. The minimum absolute atomic E-state index is 0.149. The fraction of sp³-hybridized carbons (Fsp3) is 0.125. The second-order valence-electron chi connectivity index (χ2n) is 9.76. The minimum atomic E-state index is -1.04. The van der Waals surface area contributed by atoms with Crippen LogP contribution in [0.5, 0.6) is 0 Å². The van der Waals surface area contributed by atoms with Crippen LogP contribution in [0.4, 0.5) is 16.2 Å². The van der Waals surface area contributed by atoms with E-state index in [1.807, 2.05) is 38.3 Å². The maximum absolute atomic E-state index is 13.8. The number of benzene rings is 3. The summed E-state index contributed by atoms with van der Waals surface area (Å²) in [6.07, 6.45) is 1.50. The van der Waals surface area contributed by atoms with Gasteiger partial charge in [-0.05, 0) is 87.4 Å². The van der Waals surface area contributed by atoms with Crippen LogP contribution in [0.3, 0.4) is 0 Å². The van der Waals surface area contributed by atoms with Crippen molar-refractivity contribution in [3.8, 4) is 5.69 Å². The molecular weight excluding hydrogens is 506 g/mol. The van der Waals surface area contributed by atoms with Gasteiger partial charge >= 0.3 is 12.0 Å². The van der Waals surface area contributed by atoms with Gasteiger partial charge in [-0.25, -0.2) is 19.4 Å². The van der Waals surface area contributed by atoms with E-state index >= 15 is 0 Å². The predicted molar refractivity (Wildman–Crippen MR) is 153 cm³/mol. The number of hydrogen-bond acceptors (Lipinski definition) is 4. The monoisotopic (exact) mass is 533 g/mol. The van der Waals surface area contributed by atoms with Crippen LogP contribution in [-0.4, -0.2) is 33.5 Å². The summed E-state index contributed by atoms with van der Waals surface area (Å²) in [6.45, 7) is 7.49. The van der Waals surface area contributed by atoms with E-state index in [1.165, 1.54) is 6.08 Å². The molecule has 1 aliphatic rings. The van der Waals surface area contributed by atoms with Crippen LogP contribution in [0.1, 0.15) is 38.4 Å². The summed E-state index contributed by atoms with van der Waals surface area (Å²) in [6, 6.07) is 21.4. The first-order valence-electron chi connectivity index (χ1n) is 12.7. The molecule has 4 aromatic rings. The Morgan fingerprint density at radius 1 is 0.750 bits per heavy atom. The Morgan fingerprint density at radius 3 is 1.95 bits per heavy atom. The van der Waals surface area contributed by atoms with E-state index in [1.54, 1.807) is 72.8 Å². The molecule has 0 aliphatic carbocycles. The summed E-state index contributed by atoms with van der Waals surface area (Å²) in [4.78, 5) is 54.8. The molecule has 1 N–H and O–H groups in total. The number of urea groups is 1. The van der Waals surface area contributed by atoms with E-state index < -0.39 is 23.8 Å². The van der Waals surface area contributed by atoms with E-state index in [0.717, 1.165) is 26.6 Å². The second-order valence-corrected chi connectivity index (χ2v) is 9.76. The molecule has 1 saturated heterocycles. The molecule has 8 nitrogen and oxygen atoms in total. The Morgan fingerprint density at radius 2 is 1.35 bits per heavy atom. The molecular formula is C32H27N3O5. The smallest absolute Gasteiger partial charge is 0.343 e. The first kappa shape index (κ1) is 26.4. The average Bonchev–Trinajstić information content (AvgIpc) is 3.20. The Bertz CT molecular complexity index is 1720. The quantitative estimate of drug-likeness (QED) is 0.251. The van der Waals surface area contributed by atoms with Gasteiger partial charge in [0.1, 0.15) is 5.57 Å². The van der Waals surface area contributed by atoms with Crippen LogP contribution in [0.25, 0.3) is 11.8 Å². The number of nitrogens with zero attached hydrogens (tertiary/aromatic N) is 3. The molecule has 0 radical (unpaired) electrons. The lowest BCUT2D eigenvalue weighted by Crippen LogP contribution is -2.57. The molecule has 1 fully saturated rings. The van der Waals surface area contributed by atoms with Crippen molar-refractivity contribution in [3.63, 3.8) is 0 Å². The van der Waals surface area contributed by atoms with Crippen molar-refractivity contribution in [1.82, 2.24) is 4.57 Å². The molecule has 40 heavy (non-hydrogen) atoms. The number of aryl methyl sites for hydroxylation is 3. The van der Waals surface area contributed by atoms with Crippen LogP contribution in [0, 0.1) is 27.7 Å². The van der Waals surface area contributed by atoms with Crippen LogP contribution in [0.15, 0.2) is 84.4 Å². The van der Waals surface area contributed by atoms with Crippen molar-refractivity contribution in [3.05, 3.63) is 118 Å². The number of anilines is 2. The fourth-order valence-electron chi connectivity index (χ4n) is 4.90. The number of imide groups is 2. The zero-order valence-corrected chi connectivity index (χ0v) is 22.5. The van der Waals surface area contributed by atoms with Crippen molar-refractivity contribution >= 4 is 41.3 Å². The lowest BCUT2D eigenvalue weighted by Gasteiger charge is -2.34. The summed E-state index contributed by atoms with van der Waals surface area (Å²) in [5, 5.41) is 9.51. The summed E-state index contributed by atoms with van der Waals surface area (Å²) < 4.78 is 1.89. The van der Waals surface area contributed by atoms with Crippen molar-refractivity contribution < 1.29 is 24.3 Å². The number of para-hydroxylation sites is 1. The van der Waals surface area contributed by atoms with Crippen LogP contribution in [-0.2, 0) is 9.59 Å². The molecule has 0 spiro atoms. The first-order chi connectivity index (χ1) is 19.1. The molecule has 0 atom stereocenters. The number of carbonyl (C=O) groups excluding carboxylic acids is 3. The Hall–Kier alpha value is -5.24. The predicted octanol–water partition coefficient (Wildman–Crippen LogP) is 5.99. The van der Waals surface area contributed by atoms with Crippen molar-refractivity contribution in [2.75, 3.05) is 9.80 Å². The van der Waals surface area contributed by atoms with Crippen LogP contribution in [0.2, 0.25) is 0 Å². The number of rotatable bonds is 5. The van der Waals surface area contributed by atoms with Crippen molar-refractivity contribution in [2.45, 2.75) is 27.7 Å². The van der Waals surface area contributed by atoms with Gasteiger partial charge in [-0.1, -0.05) is 42.0 Å². The molecule has 200 valence electrons. The van der Waals surface area contributed by atoms with Gasteiger partial charge in [-0.15, -0.1) is 0 Å². The van der Waals surface area contributed by atoms with E-state index in [-0.39, 0.29) is 11.1 Å². The molecule has 1 aliphatic heterocycles. The fourth-order valence-corrected chi connectivity index (χ4v) is 4.90. The van der Waals surface area contributed by atoms with Gasteiger partial charge in [0.15, 0.2) is 0 Å². The number of barbiturate groups is 1. The van der Waals surface area contributed by atoms with Gasteiger partial charge in [0, 0.05) is 17.1 Å². The van der Waals surface area contributed by atoms with E-state index in [0.29, 0.717) is 28.3 Å². The highest BCUT2D eigenvalue weighted by atomic mass is 16.4. The lowest BCUT2D eigenvalue weighted by atomic mass is 10.0. The standard InChI is InChI=1S/C32H27N3O5/c1-19-10-14-26(15-11-19)35-30(37)27(29(36)34(32(35)40)25-8-6-5-7-9-25)17-24-16-21(3)33(22(24)4)28-18-23(31(38)39)13-12-20(28)2/h5-18H,1-4H3,(H,38,39)/b27-17+. The Kier molecular flexibility index (Phi) is 6.69. The highest BCUT2D eigenvalue weighted by Gasteiger charge is 2.43. The molecule has 4 amide bonds. The molecule has 0 bridgehead atoms. The SMILES string of the molecule is Cc1ccc(N2C(=O)/C(=C/c3cc(C)n(-c4cc(C(=O)O)ccc4C)c3C)C(=O)N(c3ccccc3)C2=O)cc1. The molecule has 8 heteroatoms. The third-order valence-electron chi connectivity index (χ3n) is 7.02. The molecule has 3 aromatic carbocycles. The van der Waals surface area contributed by atoms with Gasteiger partial charge in [0.2, 0.25) is 0 Å². The molecule has 1 aromatic heterocycles. The maximum Gasteiger partial charge on any atom is 0.343 e. The number of carboxylic acids is 1. The largest absolute Gasteiger partial charge is 0.478 e. The normalized spacial score (nSPS) is 14.8. The second kappa shape index (κ2) is 10.1. The molecule has 0 unspecified atom stereocenters. The lowest BCUT2D eigenvalue weighted by molar-refractivity contribution is -0.121. The van der Waals surface area contributed by atoms with Gasteiger partial charge in [0.25, 0.3) is 11.8 Å². The third kappa shape index (κ3) is 4.49. The molecule has 5 rings (SSSR count). The van der Waals surface area contributed by atoms with Gasteiger partial charge in [-0.3, -0.25) is 9.59 Å². The summed E-state index contributed by atoms with van der Waals surface area (Å²) in [5.74, 6) is -2.48. The zero-order chi connectivity index (χ0) is 28.7. The highest BCUT2D eigenvalue weighted by molar-refractivity contribution is 6.46. The summed E-state index contributed by atoms with van der Waals surface area (Å²) in [7, 11) is 0. The number of amides is 4. The Balaban J connectivity index is 1.66. The zero-order valence-electron chi connectivity index (χ0n) is 22.5. The topological polar surface area (TPSA) is 99.9 Å². The van der Waals surface area contributed by atoms with Gasteiger partial charge < -0.3 is 9.67 Å². The third-order valence-corrected chi connectivity index (χ3v) is 7.02. The van der Waals surface area contributed by atoms with Crippen LogP contribution < -0.4 is 9.80 Å². The number of carbonyl (C=O) groups is 4. The van der Waals surface area contributed by atoms with E-state index in [2.05, 4.69) is 0 Å². The van der Waals surface area contributed by atoms with Crippen LogP contribution >= 0.6 is 0 Å². The van der Waals surface area contributed by atoms with Gasteiger partial charge in [0.05, 0.1) is 16.9 Å². The van der Waals surface area contributed by atoms with E-state index in [4.69, 9.17) is 0 Å². The summed E-state index contributed by atoms with van der Waals surface area (Å²) >= 11 is 0. The minimum Gasteiger partial charge on any atom is -0.478 e. The average molecular weight is 534 g/mol. The van der Waals surface area contributed by atoms with Gasteiger partial charge in [-0.2, -0.15) is 0 Å². The van der Waals surface area contributed by atoms with Crippen molar-refractivity contribution in [2.24, 2.45) is 0 Å². The first-order valence-corrected chi connectivity index (χ1v) is 12.7. The number of aromatic nitrogens is 1. The number of hydrogen-bond donors (Lipinski definition) is 1. The Labute approximate surface area is 231 Å². The maximum atomic E-state index is 13.8. The molecule has 2 heterocycles. The molecule has 0 saturated carbocycles. The highest BCUT2D eigenvalue weighted by Crippen LogP contribution is 2.32. The summed E-state index contributed by atoms with van der Waals surface area (Å²) in [5.41, 5.74) is 5.29. The van der Waals surface area contributed by atoms with Crippen molar-refractivity contribution in [1.29, 1.82) is 0 Å².